The molecule has 0 radical (unpaired) electrons. The molecule has 0 bridgehead atoms. The number of hydrogen-bond donors (Lipinski definition) is 0. The summed E-state index contributed by atoms with van der Waals surface area (Å²) < 4.78 is 56.2. The van der Waals surface area contributed by atoms with Gasteiger partial charge in [-0.05, 0) is 18.2 Å². The Morgan fingerprint density at radius 2 is 1.95 bits per heavy atom. The normalized spacial score (nSPS) is 11.4. The van der Waals surface area contributed by atoms with E-state index in [1.165, 1.54) is 12.3 Å². The van der Waals surface area contributed by atoms with Gasteiger partial charge in [0, 0.05) is 6.20 Å². The minimum atomic E-state index is -4.73. The van der Waals surface area contributed by atoms with Crippen molar-refractivity contribution in [2.24, 2.45) is 0 Å². The minimum absolute atomic E-state index is 0.132. The summed E-state index contributed by atoms with van der Waals surface area (Å²) in [5.74, 6) is -1.79. The van der Waals surface area contributed by atoms with Gasteiger partial charge in [0.05, 0.1) is 12.8 Å². The van der Waals surface area contributed by atoms with E-state index in [4.69, 9.17) is 0 Å². The van der Waals surface area contributed by atoms with E-state index in [-0.39, 0.29) is 11.4 Å². The monoisotopic (exact) mass is 272 g/mol. The van der Waals surface area contributed by atoms with Crippen molar-refractivity contribution in [3.63, 3.8) is 0 Å². The number of pyridine rings is 2. The molecule has 7 heteroatoms. The van der Waals surface area contributed by atoms with E-state index in [1.54, 1.807) is 12.1 Å². The molecule has 3 nitrogen and oxygen atoms in total. The fourth-order valence-corrected chi connectivity index (χ4v) is 1.51. The number of halogens is 4. The molecule has 0 amide bonds. The molecular formula is C12H8F4N2O. The number of alkyl halides is 3. The third-order valence-electron chi connectivity index (χ3n) is 2.35. The molecule has 0 saturated carbocycles. The van der Waals surface area contributed by atoms with E-state index in [2.05, 4.69) is 14.7 Å². The van der Waals surface area contributed by atoms with E-state index in [1.807, 2.05) is 0 Å². The summed E-state index contributed by atoms with van der Waals surface area (Å²) in [5, 5.41) is 0. The second-order valence-corrected chi connectivity index (χ2v) is 3.59. The van der Waals surface area contributed by atoms with Crippen molar-refractivity contribution >= 4 is 0 Å². The van der Waals surface area contributed by atoms with Crippen molar-refractivity contribution in [3.05, 3.63) is 41.8 Å². The molecule has 0 N–H and O–H groups in total. The van der Waals surface area contributed by atoms with Crippen LogP contribution < -0.4 is 4.74 Å². The van der Waals surface area contributed by atoms with Crippen LogP contribution in [0.15, 0.2) is 30.5 Å². The first-order valence-corrected chi connectivity index (χ1v) is 5.16. The highest BCUT2D eigenvalue weighted by atomic mass is 19.4. The molecular weight excluding hydrogens is 264 g/mol. The Hall–Kier alpha value is -2.18. The zero-order valence-electron chi connectivity index (χ0n) is 9.70. The van der Waals surface area contributed by atoms with Gasteiger partial charge in [-0.2, -0.15) is 13.2 Å². The van der Waals surface area contributed by atoms with Crippen LogP contribution in [0.3, 0.4) is 0 Å². The van der Waals surface area contributed by atoms with Crippen LogP contribution in [0.1, 0.15) is 5.56 Å². The van der Waals surface area contributed by atoms with Gasteiger partial charge < -0.3 is 4.74 Å². The maximum absolute atomic E-state index is 13.7. The summed E-state index contributed by atoms with van der Waals surface area (Å²) in [7, 11) is 1.04. The standard InChI is InChI=1S/C12H8F4N2O/c1-19-11-7(12(14,15)16)6-8(13)10(18-11)9-4-2-3-5-17-9/h2-6H,1H3. The van der Waals surface area contributed by atoms with Crippen LogP contribution in [-0.2, 0) is 6.18 Å². The topological polar surface area (TPSA) is 35.0 Å². The Bertz CT molecular complexity index is 584. The highest BCUT2D eigenvalue weighted by Gasteiger charge is 2.36. The lowest BCUT2D eigenvalue weighted by Gasteiger charge is -2.12. The second kappa shape index (κ2) is 4.83. The maximum atomic E-state index is 13.7. The highest BCUT2D eigenvalue weighted by Crippen LogP contribution is 2.37. The van der Waals surface area contributed by atoms with Gasteiger partial charge in [0.25, 0.3) is 0 Å². The zero-order valence-corrected chi connectivity index (χ0v) is 9.70. The van der Waals surface area contributed by atoms with Crippen LogP contribution >= 0.6 is 0 Å². The van der Waals surface area contributed by atoms with Crippen LogP contribution in [0, 0.1) is 5.82 Å². The molecule has 0 saturated heterocycles. The predicted molar refractivity (Wildman–Crippen MR) is 59.0 cm³/mol. The van der Waals surface area contributed by atoms with Crippen molar-refractivity contribution in [3.8, 4) is 17.3 Å². The molecule has 0 aliphatic carbocycles. The summed E-state index contributed by atoms with van der Waals surface area (Å²) in [6.45, 7) is 0. The molecule has 100 valence electrons. The fraction of sp³-hybridized carbons (Fsp3) is 0.167. The number of ether oxygens (including phenoxy) is 1. The van der Waals surface area contributed by atoms with E-state index in [0.717, 1.165) is 7.11 Å². The third-order valence-corrected chi connectivity index (χ3v) is 2.35. The first-order valence-electron chi connectivity index (χ1n) is 5.16. The average molecular weight is 272 g/mol. The number of nitrogens with zero attached hydrogens (tertiary/aromatic N) is 2. The number of rotatable bonds is 2. The van der Waals surface area contributed by atoms with E-state index < -0.39 is 23.4 Å². The van der Waals surface area contributed by atoms with Gasteiger partial charge in [-0.25, -0.2) is 9.37 Å². The Balaban J connectivity index is 2.61. The van der Waals surface area contributed by atoms with Gasteiger partial charge in [-0.15, -0.1) is 0 Å². The third kappa shape index (κ3) is 2.64. The summed E-state index contributed by atoms with van der Waals surface area (Å²) in [6, 6.07) is 4.98. The lowest BCUT2D eigenvalue weighted by atomic mass is 10.2. The van der Waals surface area contributed by atoms with Gasteiger partial charge in [-0.1, -0.05) is 6.07 Å². The average Bonchev–Trinajstić information content (AvgIpc) is 2.38. The van der Waals surface area contributed by atoms with Crippen molar-refractivity contribution in [1.29, 1.82) is 0 Å². The highest BCUT2D eigenvalue weighted by molar-refractivity contribution is 5.56. The number of aromatic nitrogens is 2. The maximum Gasteiger partial charge on any atom is 0.421 e. The molecule has 2 aromatic heterocycles. The van der Waals surface area contributed by atoms with Crippen LogP contribution in [0.2, 0.25) is 0 Å². The molecule has 19 heavy (non-hydrogen) atoms. The van der Waals surface area contributed by atoms with E-state index in [0.29, 0.717) is 6.07 Å². The van der Waals surface area contributed by atoms with Crippen molar-refractivity contribution in [1.82, 2.24) is 9.97 Å². The molecule has 0 spiro atoms. The number of methoxy groups -OCH3 is 1. The van der Waals surface area contributed by atoms with Gasteiger partial charge in [-0.3, -0.25) is 4.98 Å². The van der Waals surface area contributed by atoms with Crippen molar-refractivity contribution < 1.29 is 22.3 Å². The molecule has 0 unspecified atom stereocenters. The first-order chi connectivity index (χ1) is 8.93. The Morgan fingerprint density at radius 3 is 2.47 bits per heavy atom. The Kier molecular flexibility index (Phi) is 3.37. The molecule has 0 aliphatic heterocycles. The summed E-state index contributed by atoms with van der Waals surface area (Å²) in [5.41, 5.74) is -1.41. The lowest BCUT2D eigenvalue weighted by Crippen LogP contribution is -2.10. The van der Waals surface area contributed by atoms with Gasteiger partial charge >= 0.3 is 6.18 Å². The summed E-state index contributed by atoms with van der Waals surface area (Å²) >= 11 is 0. The summed E-state index contributed by atoms with van der Waals surface area (Å²) in [6.07, 6.45) is -3.34. The fourth-order valence-electron chi connectivity index (χ4n) is 1.51. The van der Waals surface area contributed by atoms with Gasteiger partial charge in [0.15, 0.2) is 5.82 Å². The smallest absolute Gasteiger partial charge is 0.421 e. The van der Waals surface area contributed by atoms with Gasteiger partial charge in [0.2, 0.25) is 5.88 Å². The van der Waals surface area contributed by atoms with Gasteiger partial charge in [0.1, 0.15) is 11.3 Å². The Labute approximate surface area is 105 Å². The van der Waals surface area contributed by atoms with Crippen molar-refractivity contribution in [2.75, 3.05) is 7.11 Å². The molecule has 0 atom stereocenters. The largest absolute Gasteiger partial charge is 0.481 e. The van der Waals surface area contributed by atoms with Crippen molar-refractivity contribution in [2.45, 2.75) is 6.18 Å². The summed E-state index contributed by atoms with van der Waals surface area (Å²) in [4.78, 5) is 7.39. The zero-order chi connectivity index (χ0) is 14.0. The predicted octanol–water partition coefficient (Wildman–Crippen LogP) is 3.31. The number of hydrogen-bond acceptors (Lipinski definition) is 3. The Morgan fingerprint density at radius 1 is 1.21 bits per heavy atom. The lowest BCUT2D eigenvalue weighted by molar-refractivity contribution is -0.139. The van der Waals surface area contributed by atoms with Crippen LogP contribution in [-0.4, -0.2) is 17.1 Å². The van der Waals surface area contributed by atoms with Crippen LogP contribution in [0.25, 0.3) is 11.4 Å². The minimum Gasteiger partial charge on any atom is -0.481 e. The molecule has 0 aromatic carbocycles. The molecule has 0 fully saturated rings. The van der Waals surface area contributed by atoms with E-state index >= 15 is 0 Å². The van der Waals surface area contributed by atoms with E-state index in [9.17, 15) is 17.6 Å². The molecule has 0 aliphatic rings. The van der Waals surface area contributed by atoms with Crippen LogP contribution in [0.4, 0.5) is 17.6 Å². The molecule has 2 aromatic rings. The SMILES string of the molecule is COc1nc(-c2ccccn2)c(F)cc1C(F)(F)F. The quantitative estimate of drug-likeness (QED) is 0.787. The molecule has 2 heterocycles. The van der Waals surface area contributed by atoms with Crippen LogP contribution in [0.5, 0.6) is 5.88 Å². The molecule has 2 rings (SSSR count). The first kappa shape index (κ1) is 13.3. The second-order valence-electron chi connectivity index (χ2n) is 3.59.